The van der Waals surface area contributed by atoms with Crippen LogP contribution in [0, 0.1) is 13.8 Å². The Labute approximate surface area is 161 Å². The van der Waals surface area contributed by atoms with Crippen molar-refractivity contribution >= 4 is 0 Å². The molecular weight excluding hydrogens is 365 g/mol. The minimum atomic E-state index is -4.30. The van der Waals surface area contributed by atoms with Gasteiger partial charge in [0.25, 0.3) is 0 Å². The minimum absolute atomic E-state index is 0.612. The highest BCUT2D eigenvalue weighted by Crippen LogP contribution is 2.30. The van der Waals surface area contributed by atoms with Gasteiger partial charge in [0.15, 0.2) is 0 Å². The smallest absolute Gasteiger partial charge is 0.291 e. The van der Waals surface area contributed by atoms with E-state index >= 15 is 0 Å². The van der Waals surface area contributed by atoms with Gasteiger partial charge in [-0.1, -0.05) is 18.2 Å². The van der Waals surface area contributed by atoms with E-state index in [1.54, 1.807) is 18.3 Å². The summed E-state index contributed by atoms with van der Waals surface area (Å²) in [6, 6.07) is 9.36. The monoisotopic (exact) mass is 386 g/mol. The molecule has 0 saturated heterocycles. The van der Waals surface area contributed by atoms with Crippen molar-refractivity contribution in [3.05, 3.63) is 70.5 Å². The number of halogens is 3. The molecule has 146 valence electrons. The predicted molar refractivity (Wildman–Crippen MR) is 100 cm³/mol. The quantitative estimate of drug-likeness (QED) is 0.660. The number of hydrogen-bond donors (Lipinski definition) is 0. The van der Waals surface area contributed by atoms with E-state index in [0.717, 1.165) is 59.0 Å². The first-order valence-electron chi connectivity index (χ1n) is 9.19. The molecule has 3 aromatic rings. The third kappa shape index (κ3) is 3.54. The van der Waals surface area contributed by atoms with Crippen LogP contribution in [0.1, 0.15) is 27.9 Å². The number of nitrogens with zero attached hydrogens (tertiary/aromatic N) is 4. The Bertz CT molecular complexity index is 990. The van der Waals surface area contributed by atoms with Gasteiger partial charge >= 0.3 is 6.18 Å². The van der Waals surface area contributed by atoms with E-state index in [0.29, 0.717) is 13.1 Å². The van der Waals surface area contributed by atoms with Crippen LogP contribution < -0.4 is 0 Å². The SMILES string of the molecule is Cc1cccnc1-c1nn2c(c1C)CN(Cc1ccc(C(F)(F)F)cc1)CC2. The lowest BCUT2D eigenvalue weighted by molar-refractivity contribution is -0.137. The summed E-state index contributed by atoms with van der Waals surface area (Å²) in [5.41, 5.74) is 5.40. The molecule has 3 heterocycles. The molecule has 0 aliphatic carbocycles. The van der Waals surface area contributed by atoms with Crippen molar-refractivity contribution in [2.45, 2.75) is 39.7 Å². The van der Waals surface area contributed by atoms with E-state index in [2.05, 4.69) is 16.8 Å². The van der Waals surface area contributed by atoms with Gasteiger partial charge in [0.2, 0.25) is 0 Å². The molecular formula is C21H21F3N4. The second-order valence-electron chi connectivity index (χ2n) is 7.22. The molecule has 1 aliphatic rings. The molecule has 1 aromatic carbocycles. The van der Waals surface area contributed by atoms with Crippen LogP contribution in [0.5, 0.6) is 0 Å². The van der Waals surface area contributed by atoms with Gasteiger partial charge in [-0.3, -0.25) is 14.6 Å². The lowest BCUT2D eigenvalue weighted by Crippen LogP contribution is -2.33. The highest BCUT2D eigenvalue weighted by atomic mass is 19.4. The van der Waals surface area contributed by atoms with Gasteiger partial charge < -0.3 is 0 Å². The summed E-state index contributed by atoms with van der Waals surface area (Å²) in [5.74, 6) is 0. The Hall–Kier alpha value is -2.67. The van der Waals surface area contributed by atoms with Crippen molar-refractivity contribution < 1.29 is 13.2 Å². The molecule has 0 atom stereocenters. The molecule has 0 fully saturated rings. The third-order valence-electron chi connectivity index (χ3n) is 5.24. The minimum Gasteiger partial charge on any atom is -0.291 e. The molecule has 0 spiro atoms. The van der Waals surface area contributed by atoms with Crippen molar-refractivity contribution in [2.24, 2.45) is 0 Å². The first kappa shape index (κ1) is 18.7. The maximum Gasteiger partial charge on any atom is 0.416 e. The number of fused-ring (bicyclic) bond motifs is 1. The molecule has 7 heteroatoms. The van der Waals surface area contributed by atoms with E-state index in [-0.39, 0.29) is 0 Å². The largest absolute Gasteiger partial charge is 0.416 e. The van der Waals surface area contributed by atoms with Crippen molar-refractivity contribution in [3.8, 4) is 11.4 Å². The molecule has 0 N–H and O–H groups in total. The average molecular weight is 386 g/mol. The maximum atomic E-state index is 12.7. The normalized spacial score (nSPS) is 14.9. The molecule has 0 radical (unpaired) electrons. The zero-order chi connectivity index (χ0) is 19.9. The summed E-state index contributed by atoms with van der Waals surface area (Å²) < 4.78 is 40.2. The fourth-order valence-corrected chi connectivity index (χ4v) is 3.65. The van der Waals surface area contributed by atoms with Gasteiger partial charge in [-0.15, -0.1) is 0 Å². The van der Waals surface area contributed by atoms with E-state index in [9.17, 15) is 13.2 Å². The van der Waals surface area contributed by atoms with Crippen molar-refractivity contribution in [3.63, 3.8) is 0 Å². The van der Waals surface area contributed by atoms with Gasteiger partial charge in [0.1, 0.15) is 5.69 Å². The number of aromatic nitrogens is 3. The number of aryl methyl sites for hydroxylation is 1. The van der Waals surface area contributed by atoms with Crippen LogP contribution in [0.3, 0.4) is 0 Å². The first-order valence-corrected chi connectivity index (χ1v) is 9.19. The highest BCUT2D eigenvalue weighted by Gasteiger charge is 2.30. The first-order chi connectivity index (χ1) is 13.3. The van der Waals surface area contributed by atoms with Crippen LogP contribution in [0.4, 0.5) is 13.2 Å². The molecule has 0 saturated carbocycles. The standard InChI is InChI=1S/C21H21F3N4/c1-14-4-3-9-25-19(14)20-15(2)18-13-27(10-11-28(18)26-20)12-16-5-7-17(8-6-16)21(22,23)24/h3-9H,10-13H2,1-2H3. The second kappa shape index (κ2) is 7.05. The Kier molecular flexibility index (Phi) is 4.71. The van der Waals surface area contributed by atoms with Gasteiger partial charge in [0.05, 0.1) is 23.5 Å². The molecule has 4 rings (SSSR count). The molecule has 2 aromatic heterocycles. The molecule has 0 amide bonds. The van der Waals surface area contributed by atoms with Crippen molar-refractivity contribution in [1.29, 1.82) is 0 Å². The van der Waals surface area contributed by atoms with Gasteiger partial charge in [0, 0.05) is 31.4 Å². The zero-order valence-electron chi connectivity index (χ0n) is 15.8. The van der Waals surface area contributed by atoms with E-state index < -0.39 is 11.7 Å². The van der Waals surface area contributed by atoms with E-state index in [1.165, 1.54) is 0 Å². The van der Waals surface area contributed by atoms with Gasteiger partial charge in [-0.2, -0.15) is 18.3 Å². The second-order valence-corrected chi connectivity index (χ2v) is 7.22. The maximum absolute atomic E-state index is 12.7. The van der Waals surface area contributed by atoms with Crippen LogP contribution in [0.15, 0.2) is 42.6 Å². The number of pyridine rings is 1. The summed E-state index contributed by atoms with van der Waals surface area (Å²) in [5, 5.41) is 4.76. The third-order valence-corrected chi connectivity index (χ3v) is 5.24. The molecule has 28 heavy (non-hydrogen) atoms. The Morgan fingerprint density at radius 3 is 2.43 bits per heavy atom. The summed E-state index contributed by atoms with van der Waals surface area (Å²) in [4.78, 5) is 6.72. The highest BCUT2D eigenvalue weighted by molar-refractivity contribution is 5.63. The van der Waals surface area contributed by atoms with Crippen LogP contribution in [-0.2, 0) is 25.8 Å². The van der Waals surface area contributed by atoms with Crippen LogP contribution >= 0.6 is 0 Å². The number of benzene rings is 1. The summed E-state index contributed by atoms with van der Waals surface area (Å²) in [6.07, 6.45) is -2.52. The summed E-state index contributed by atoms with van der Waals surface area (Å²) >= 11 is 0. The van der Waals surface area contributed by atoms with Crippen LogP contribution in [-0.4, -0.2) is 26.2 Å². The molecule has 1 aliphatic heterocycles. The predicted octanol–water partition coefficient (Wildman–Crippen LogP) is 4.60. The Morgan fingerprint density at radius 2 is 1.75 bits per heavy atom. The van der Waals surface area contributed by atoms with Crippen LogP contribution in [0.25, 0.3) is 11.4 Å². The molecule has 0 unspecified atom stereocenters. The Morgan fingerprint density at radius 1 is 1.00 bits per heavy atom. The van der Waals surface area contributed by atoms with E-state index in [4.69, 9.17) is 5.10 Å². The van der Waals surface area contributed by atoms with Gasteiger partial charge in [-0.25, -0.2) is 0 Å². The molecule has 4 nitrogen and oxygen atoms in total. The average Bonchev–Trinajstić information content (AvgIpc) is 2.98. The summed E-state index contributed by atoms with van der Waals surface area (Å²) in [6.45, 7) is 6.96. The number of hydrogen-bond acceptors (Lipinski definition) is 3. The van der Waals surface area contributed by atoms with Gasteiger partial charge in [-0.05, 0) is 43.2 Å². The number of alkyl halides is 3. The lowest BCUT2D eigenvalue weighted by atomic mass is 10.1. The number of rotatable bonds is 3. The fraction of sp³-hybridized carbons (Fsp3) is 0.333. The fourth-order valence-electron chi connectivity index (χ4n) is 3.65. The lowest BCUT2D eigenvalue weighted by Gasteiger charge is -2.28. The Balaban J connectivity index is 1.53. The van der Waals surface area contributed by atoms with Crippen LogP contribution in [0.2, 0.25) is 0 Å². The zero-order valence-corrected chi connectivity index (χ0v) is 15.8. The van der Waals surface area contributed by atoms with Crippen molar-refractivity contribution in [2.75, 3.05) is 6.54 Å². The molecule has 0 bridgehead atoms. The summed E-state index contributed by atoms with van der Waals surface area (Å²) in [7, 11) is 0. The van der Waals surface area contributed by atoms with Crippen molar-refractivity contribution in [1.82, 2.24) is 19.7 Å². The van der Waals surface area contributed by atoms with E-state index in [1.807, 2.05) is 23.7 Å². The topological polar surface area (TPSA) is 34.0 Å².